The van der Waals surface area contributed by atoms with E-state index in [2.05, 4.69) is 4.74 Å². The van der Waals surface area contributed by atoms with Crippen molar-refractivity contribution in [2.45, 2.75) is 30.4 Å². The van der Waals surface area contributed by atoms with E-state index in [0.717, 1.165) is 24.3 Å². The van der Waals surface area contributed by atoms with E-state index in [1.54, 1.807) is 0 Å². The molecule has 0 aliphatic heterocycles. The Labute approximate surface area is 97.1 Å². The lowest BCUT2D eigenvalue weighted by molar-refractivity contribution is -0.274. The summed E-state index contributed by atoms with van der Waals surface area (Å²) >= 11 is 0. The Morgan fingerprint density at radius 2 is 1.59 bits per heavy atom. The maximum atomic E-state index is 11.9. The number of ether oxygens (including phenoxy) is 1. The Morgan fingerprint density at radius 3 is 1.94 bits per heavy atom. The van der Waals surface area contributed by atoms with Gasteiger partial charge < -0.3 is 4.74 Å². The van der Waals surface area contributed by atoms with Crippen LogP contribution >= 0.6 is 0 Å². The SMILES string of the molecule is CC(C)S(=O)(=O)c1ccc(OC(F)(F)F)cc1. The van der Waals surface area contributed by atoms with Gasteiger partial charge in [0.05, 0.1) is 10.1 Å². The van der Waals surface area contributed by atoms with Gasteiger partial charge in [-0.05, 0) is 38.1 Å². The van der Waals surface area contributed by atoms with Crippen LogP contribution in [0, 0.1) is 0 Å². The first-order valence-corrected chi connectivity index (χ1v) is 6.27. The molecule has 0 atom stereocenters. The molecule has 0 aromatic heterocycles. The lowest BCUT2D eigenvalue weighted by Crippen LogP contribution is -2.17. The van der Waals surface area contributed by atoms with Crippen molar-refractivity contribution in [2.24, 2.45) is 0 Å². The van der Waals surface area contributed by atoms with Crippen LogP contribution in [0.2, 0.25) is 0 Å². The van der Waals surface area contributed by atoms with Gasteiger partial charge in [-0.2, -0.15) is 0 Å². The van der Waals surface area contributed by atoms with Gasteiger partial charge in [-0.1, -0.05) is 0 Å². The third kappa shape index (κ3) is 3.62. The molecule has 0 N–H and O–H groups in total. The Kier molecular flexibility index (Phi) is 3.71. The van der Waals surface area contributed by atoms with Crippen LogP contribution in [-0.2, 0) is 9.84 Å². The average Bonchev–Trinajstić information content (AvgIpc) is 2.15. The second kappa shape index (κ2) is 4.56. The summed E-state index contributed by atoms with van der Waals surface area (Å²) in [6.07, 6.45) is -4.78. The largest absolute Gasteiger partial charge is 0.573 e. The molecule has 1 aromatic rings. The summed E-state index contributed by atoms with van der Waals surface area (Å²) < 4.78 is 62.6. The summed E-state index contributed by atoms with van der Waals surface area (Å²) in [6, 6.07) is 4.14. The highest BCUT2D eigenvalue weighted by molar-refractivity contribution is 7.92. The molecule has 1 rings (SSSR count). The van der Waals surface area contributed by atoms with Gasteiger partial charge in [-0.25, -0.2) is 8.42 Å². The quantitative estimate of drug-likeness (QED) is 0.846. The predicted molar refractivity (Wildman–Crippen MR) is 55.4 cm³/mol. The lowest BCUT2D eigenvalue weighted by atomic mass is 10.3. The predicted octanol–water partition coefficient (Wildman–Crippen LogP) is 2.77. The molecule has 0 unspecified atom stereocenters. The zero-order valence-corrected chi connectivity index (χ0v) is 9.97. The van der Waals surface area contributed by atoms with E-state index >= 15 is 0 Å². The van der Waals surface area contributed by atoms with Crippen molar-refractivity contribution < 1.29 is 26.3 Å². The maximum Gasteiger partial charge on any atom is 0.573 e. The fraction of sp³-hybridized carbons (Fsp3) is 0.400. The van der Waals surface area contributed by atoms with Crippen LogP contribution in [0.1, 0.15) is 13.8 Å². The molecule has 0 heterocycles. The van der Waals surface area contributed by atoms with Crippen LogP contribution in [-0.4, -0.2) is 20.0 Å². The Balaban J connectivity index is 2.97. The molecular weight excluding hydrogens is 257 g/mol. The molecule has 0 saturated carbocycles. The van der Waals surface area contributed by atoms with Gasteiger partial charge >= 0.3 is 6.36 Å². The van der Waals surface area contributed by atoms with E-state index in [9.17, 15) is 21.6 Å². The zero-order chi connectivity index (χ0) is 13.3. The number of hydrogen-bond acceptors (Lipinski definition) is 3. The van der Waals surface area contributed by atoms with E-state index in [4.69, 9.17) is 0 Å². The van der Waals surface area contributed by atoms with Crippen LogP contribution < -0.4 is 4.74 Å². The molecule has 0 aliphatic rings. The molecule has 0 aliphatic carbocycles. The van der Waals surface area contributed by atoms with Crippen molar-refractivity contribution in [2.75, 3.05) is 0 Å². The standard InChI is InChI=1S/C10H11F3O3S/c1-7(2)17(14,15)9-5-3-8(4-6-9)16-10(11,12)13/h3-7H,1-2H3. The zero-order valence-electron chi connectivity index (χ0n) is 9.15. The summed E-state index contributed by atoms with van der Waals surface area (Å²) in [5, 5.41) is -0.628. The summed E-state index contributed by atoms with van der Waals surface area (Å²) in [4.78, 5) is -0.0259. The van der Waals surface area contributed by atoms with Gasteiger partial charge in [0.25, 0.3) is 0 Å². The molecule has 0 bridgehead atoms. The molecule has 1 aromatic carbocycles. The third-order valence-corrected chi connectivity index (χ3v) is 4.18. The highest BCUT2D eigenvalue weighted by atomic mass is 32.2. The van der Waals surface area contributed by atoms with E-state index in [1.807, 2.05) is 0 Å². The van der Waals surface area contributed by atoms with Crippen molar-refractivity contribution in [3.8, 4) is 5.75 Å². The fourth-order valence-corrected chi connectivity index (χ4v) is 2.16. The van der Waals surface area contributed by atoms with Crippen molar-refractivity contribution in [3.63, 3.8) is 0 Å². The van der Waals surface area contributed by atoms with Gasteiger partial charge in [0.1, 0.15) is 5.75 Å². The Morgan fingerprint density at radius 1 is 1.12 bits per heavy atom. The van der Waals surface area contributed by atoms with Gasteiger partial charge in [-0.15, -0.1) is 13.2 Å². The molecule has 0 radical (unpaired) electrons. The van der Waals surface area contributed by atoms with E-state index in [-0.39, 0.29) is 4.90 Å². The van der Waals surface area contributed by atoms with Crippen molar-refractivity contribution in [1.29, 1.82) is 0 Å². The van der Waals surface area contributed by atoms with Gasteiger partial charge in [0.15, 0.2) is 9.84 Å². The maximum absolute atomic E-state index is 11.9. The number of sulfone groups is 1. The Hall–Kier alpha value is -1.24. The topological polar surface area (TPSA) is 43.4 Å². The molecule has 0 saturated heterocycles. The second-order valence-corrected chi connectivity index (χ2v) is 6.12. The minimum atomic E-state index is -4.78. The monoisotopic (exact) mass is 268 g/mol. The van der Waals surface area contributed by atoms with Crippen molar-refractivity contribution in [3.05, 3.63) is 24.3 Å². The normalized spacial score (nSPS) is 12.8. The number of hydrogen-bond donors (Lipinski definition) is 0. The Bertz CT molecular complexity index is 475. The lowest BCUT2D eigenvalue weighted by Gasteiger charge is -2.10. The first-order chi connectivity index (χ1) is 7.63. The average molecular weight is 268 g/mol. The van der Waals surface area contributed by atoms with Gasteiger partial charge in [0, 0.05) is 0 Å². The number of benzene rings is 1. The van der Waals surface area contributed by atoms with Gasteiger partial charge in [0.2, 0.25) is 0 Å². The minimum Gasteiger partial charge on any atom is -0.406 e. The van der Waals surface area contributed by atoms with Crippen LogP contribution in [0.5, 0.6) is 5.75 Å². The smallest absolute Gasteiger partial charge is 0.406 e. The fourth-order valence-electron chi connectivity index (χ4n) is 1.10. The van der Waals surface area contributed by atoms with Crippen molar-refractivity contribution in [1.82, 2.24) is 0 Å². The molecule has 17 heavy (non-hydrogen) atoms. The summed E-state index contributed by atoms with van der Waals surface area (Å²) in [5.74, 6) is -0.444. The number of alkyl halides is 3. The minimum absolute atomic E-state index is 0.0259. The first kappa shape index (κ1) is 13.8. The molecule has 0 amide bonds. The van der Waals surface area contributed by atoms with Crippen LogP contribution in [0.3, 0.4) is 0 Å². The molecule has 7 heteroatoms. The van der Waals surface area contributed by atoms with E-state index in [1.165, 1.54) is 13.8 Å². The summed E-state index contributed by atoms with van der Waals surface area (Å²) in [6.45, 7) is 2.99. The van der Waals surface area contributed by atoms with Crippen LogP contribution in [0.4, 0.5) is 13.2 Å². The van der Waals surface area contributed by atoms with Crippen molar-refractivity contribution >= 4 is 9.84 Å². The van der Waals surface area contributed by atoms with Crippen LogP contribution in [0.15, 0.2) is 29.2 Å². The van der Waals surface area contributed by atoms with Crippen LogP contribution in [0.25, 0.3) is 0 Å². The molecule has 0 spiro atoms. The van der Waals surface area contributed by atoms with E-state index in [0.29, 0.717) is 0 Å². The molecule has 96 valence electrons. The number of rotatable bonds is 3. The molecule has 3 nitrogen and oxygen atoms in total. The number of halogens is 3. The third-order valence-electron chi connectivity index (χ3n) is 2.01. The highest BCUT2D eigenvalue weighted by Gasteiger charge is 2.31. The summed E-state index contributed by atoms with van der Waals surface area (Å²) in [7, 11) is -3.47. The van der Waals surface area contributed by atoms with Gasteiger partial charge in [-0.3, -0.25) is 0 Å². The second-order valence-electron chi connectivity index (χ2n) is 3.61. The molecular formula is C10H11F3O3S. The van der Waals surface area contributed by atoms with E-state index < -0.39 is 27.2 Å². The molecule has 0 fully saturated rings. The first-order valence-electron chi connectivity index (χ1n) is 4.72. The summed E-state index contributed by atoms with van der Waals surface area (Å²) in [5.41, 5.74) is 0. The highest BCUT2D eigenvalue weighted by Crippen LogP contribution is 2.24.